The van der Waals surface area contributed by atoms with Gasteiger partial charge in [0.25, 0.3) is 0 Å². The lowest BCUT2D eigenvalue weighted by molar-refractivity contribution is -0.115. The summed E-state index contributed by atoms with van der Waals surface area (Å²) in [6.07, 6.45) is 4.12. The highest BCUT2D eigenvalue weighted by atomic mass is 35.5. The van der Waals surface area contributed by atoms with E-state index in [9.17, 15) is 4.79 Å². The molecule has 3 aromatic rings. The van der Waals surface area contributed by atoms with Crippen LogP contribution in [0.25, 0.3) is 11.1 Å². The number of nitrogens with zero attached hydrogens (tertiary/aromatic N) is 1. The molecule has 124 valence electrons. The SMILES string of the molecule is O=C1Cc2ccc(-c3cncc(CNc4ccccc4Cl)c3)cc2N1. The summed E-state index contributed by atoms with van der Waals surface area (Å²) in [4.78, 5) is 15.9. The predicted octanol–water partition coefficient (Wildman–Crippen LogP) is 4.51. The number of benzene rings is 2. The van der Waals surface area contributed by atoms with Crippen LogP contribution in [0.1, 0.15) is 11.1 Å². The van der Waals surface area contributed by atoms with Crippen molar-refractivity contribution in [1.29, 1.82) is 0 Å². The molecule has 0 atom stereocenters. The standard InChI is InChI=1S/C20H16ClN3O/c21-17-3-1-2-4-18(17)23-11-13-7-16(12-22-10-13)14-5-6-15-9-20(25)24-19(15)8-14/h1-8,10,12,23H,9,11H2,(H,24,25). The zero-order chi connectivity index (χ0) is 17.2. The van der Waals surface area contributed by atoms with Gasteiger partial charge >= 0.3 is 0 Å². The molecule has 0 aliphatic carbocycles. The van der Waals surface area contributed by atoms with Crippen molar-refractivity contribution in [3.05, 3.63) is 77.1 Å². The first-order valence-corrected chi connectivity index (χ1v) is 8.42. The van der Waals surface area contributed by atoms with Crippen molar-refractivity contribution in [2.24, 2.45) is 0 Å². The number of nitrogens with one attached hydrogen (secondary N) is 2. The first-order valence-electron chi connectivity index (χ1n) is 8.04. The van der Waals surface area contributed by atoms with Crippen LogP contribution in [0, 0.1) is 0 Å². The Kier molecular flexibility index (Phi) is 4.12. The maximum atomic E-state index is 11.5. The summed E-state index contributed by atoms with van der Waals surface area (Å²) in [6.45, 7) is 0.631. The van der Waals surface area contributed by atoms with Gasteiger partial charge in [-0.1, -0.05) is 35.9 Å². The minimum absolute atomic E-state index is 0.0444. The molecule has 2 heterocycles. The molecule has 2 N–H and O–H groups in total. The van der Waals surface area contributed by atoms with Crippen LogP contribution < -0.4 is 10.6 Å². The molecule has 0 radical (unpaired) electrons. The monoisotopic (exact) mass is 349 g/mol. The van der Waals surface area contributed by atoms with E-state index in [0.29, 0.717) is 18.0 Å². The van der Waals surface area contributed by atoms with Gasteiger partial charge in [-0.3, -0.25) is 9.78 Å². The second kappa shape index (κ2) is 6.57. The lowest BCUT2D eigenvalue weighted by Gasteiger charge is -2.10. The van der Waals surface area contributed by atoms with Crippen LogP contribution in [0.5, 0.6) is 0 Å². The van der Waals surface area contributed by atoms with Gasteiger partial charge in [0.2, 0.25) is 5.91 Å². The number of amides is 1. The molecule has 0 saturated heterocycles. The number of carbonyl (C=O) groups excluding carboxylic acids is 1. The third-order valence-electron chi connectivity index (χ3n) is 4.22. The van der Waals surface area contributed by atoms with Crippen LogP contribution >= 0.6 is 11.6 Å². The topological polar surface area (TPSA) is 54.0 Å². The number of hydrogen-bond donors (Lipinski definition) is 2. The molecule has 1 aliphatic rings. The average molecular weight is 350 g/mol. The van der Waals surface area contributed by atoms with Gasteiger partial charge in [0.1, 0.15) is 0 Å². The molecular weight excluding hydrogens is 334 g/mol. The number of carbonyl (C=O) groups is 1. The number of para-hydroxylation sites is 1. The molecule has 1 aliphatic heterocycles. The van der Waals surface area contributed by atoms with Gasteiger partial charge in [0.05, 0.1) is 17.1 Å². The van der Waals surface area contributed by atoms with Crippen LogP contribution in [0.15, 0.2) is 60.9 Å². The van der Waals surface area contributed by atoms with E-state index in [2.05, 4.69) is 21.7 Å². The van der Waals surface area contributed by atoms with Crippen molar-refractivity contribution in [3.63, 3.8) is 0 Å². The van der Waals surface area contributed by atoms with Crippen LogP contribution in [-0.2, 0) is 17.8 Å². The molecule has 5 heteroatoms. The molecular formula is C20H16ClN3O. The number of hydrogen-bond acceptors (Lipinski definition) is 3. The van der Waals surface area contributed by atoms with E-state index in [1.54, 1.807) is 0 Å². The quantitative estimate of drug-likeness (QED) is 0.728. The summed E-state index contributed by atoms with van der Waals surface area (Å²) in [7, 11) is 0. The largest absolute Gasteiger partial charge is 0.380 e. The van der Waals surface area contributed by atoms with Crippen molar-refractivity contribution in [3.8, 4) is 11.1 Å². The molecule has 0 bridgehead atoms. The Hall–Kier alpha value is -2.85. The molecule has 25 heavy (non-hydrogen) atoms. The smallest absolute Gasteiger partial charge is 0.228 e. The summed E-state index contributed by atoms with van der Waals surface area (Å²) >= 11 is 6.17. The van der Waals surface area contributed by atoms with E-state index < -0.39 is 0 Å². The second-order valence-corrected chi connectivity index (χ2v) is 6.42. The summed E-state index contributed by atoms with van der Waals surface area (Å²) < 4.78 is 0. The fourth-order valence-corrected chi connectivity index (χ4v) is 3.14. The first kappa shape index (κ1) is 15.7. The predicted molar refractivity (Wildman–Crippen MR) is 101 cm³/mol. The van der Waals surface area contributed by atoms with Gasteiger partial charge in [0.15, 0.2) is 0 Å². The van der Waals surface area contributed by atoms with Gasteiger partial charge in [-0.2, -0.15) is 0 Å². The maximum absolute atomic E-state index is 11.5. The third kappa shape index (κ3) is 3.35. The molecule has 0 unspecified atom stereocenters. The Morgan fingerprint density at radius 1 is 1.08 bits per heavy atom. The third-order valence-corrected chi connectivity index (χ3v) is 4.55. The normalized spacial score (nSPS) is 12.6. The molecule has 2 aromatic carbocycles. The van der Waals surface area contributed by atoms with E-state index in [4.69, 9.17) is 11.6 Å². The Morgan fingerprint density at radius 3 is 2.84 bits per heavy atom. The van der Waals surface area contributed by atoms with Crippen molar-refractivity contribution in [2.75, 3.05) is 10.6 Å². The number of rotatable bonds is 4. The van der Waals surface area contributed by atoms with E-state index in [-0.39, 0.29) is 5.91 Å². The van der Waals surface area contributed by atoms with Crippen molar-refractivity contribution >= 4 is 28.9 Å². The van der Waals surface area contributed by atoms with Crippen LogP contribution in [0.4, 0.5) is 11.4 Å². The van der Waals surface area contributed by atoms with Crippen molar-refractivity contribution in [1.82, 2.24) is 4.98 Å². The summed E-state index contributed by atoms with van der Waals surface area (Å²) in [5.41, 5.74) is 5.94. The van der Waals surface area contributed by atoms with E-state index >= 15 is 0 Å². The average Bonchev–Trinajstić information content (AvgIpc) is 3.00. The summed E-state index contributed by atoms with van der Waals surface area (Å²) in [5, 5.41) is 6.91. The first-order chi connectivity index (χ1) is 12.2. The fourth-order valence-electron chi connectivity index (χ4n) is 2.94. The Labute approximate surface area is 150 Å². The highest BCUT2D eigenvalue weighted by Crippen LogP contribution is 2.29. The minimum Gasteiger partial charge on any atom is -0.380 e. The fraction of sp³-hybridized carbons (Fsp3) is 0.100. The lowest BCUT2D eigenvalue weighted by Crippen LogP contribution is -2.03. The number of fused-ring (bicyclic) bond motifs is 1. The maximum Gasteiger partial charge on any atom is 0.228 e. The van der Waals surface area contributed by atoms with Crippen LogP contribution in [0.2, 0.25) is 5.02 Å². The van der Waals surface area contributed by atoms with Crippen molar-refractivity contribution < 1.29 is 4.79 Å². The molecule has 0 saturated carbocycles. The highest BCUT2D eigenvalue weighted by molar-refractivity contribution is 6.33. The second-order valence-electron chi connectivity index (χ2n) is 6.01. The van der Waals surface area contributed by atoms with Crippen LogP contribution in [0.3, 0.4) is 0 Å². The Morgan fingerprint density at radius 2 is 1.96 bits per heavy atom. The number of aromatic nitrogens is 1. The van der Waals surface area contributed by atoms with Crippen molar-refractivity contribution in [2.45, 2.75) is 13.0 Å². The molecule has 0 fully saturated rings. The van der Waals surface area contributed by atoms with Gasteiger partial charge < -0.3 is 10.6 Å². The molecule has 4 nitrogen and oxygen atoms in total. The van der Waals surface area contributed by atoms with E-state index in [1.165, 1.54) is 0 Å². The molecule has 0 spiro atoms. The Bertz CT molecular complexity index is 955. The molecule has 4 rings (SSSR count). The minimum atomic E-state index is 0.0444. The van der Waals surface area contributed by atoms with Gasteiger partial charge in [-0.25, -0.2) is 0 Å². The van der Waals surface area contributed by atoms with Gasteiger partial charge in [-0.15, -0.1) is 0 Å². The number of pyridine rings is 1. The number of halogens is 1. The van der Waals surface area contributed by atoms with Crippen LogP contribution in [-0.4, -0.2) is 10.9 Å². The zero-order valence-electron chi connectivity index (χ0n) is 13.4. The zero-order valence-corrected chi connectivity index (χ0v) is 14.2. The summed E-state index contributed by atoms with van der Waals surface area (Å²) in [5.74, 6) is 0.0444. The Balaban J connectivity index is 1.55. The lowest BCUT2D eigenvalue weighted by atomic mass is 10.0. The van der Waals surface area contributed by atoms with E-state index in [1.807, 2.05) is 54.9 Å². The van der Waals surface area contributed by atoms with Gasteiger partial charge in [-0.05, 0) is 41.0 Å². The van der Waals surface area contributed by atoms with Gasteiger partial charge in [0, 0.05) is 30.2 Å². The summed E-state index contributed by atoms with van der Waals surface area (Å²) in [6, 6.07) is 15.8. The molecule has 1 aromatic heterocycles. The van der Waals surface area contributed by atoms with E-state index in [0.717, 1.165) is 33.6 Å². The number of anilines is 2. The molecule has 1 amide bonds. The highest BCUT2D eigenvalue weighted by Gasteiger charge is 2.17.